The van der Waals surface area contributed by atoms with Gasteiger partial charge < -0.3 is 15.0 Å². The third kappa shape index (κ3) is 5.27. The Kier molecular flexibility index (Phi) is 6.48. The molecule has 0 unspecified atom stereocenters. The van der Waals surface area contributed by atoms with Gasteiger partial charge in [-0.3, -0.25) is 14.9 Å². The minimum absolute atomic E-state index is 0.0260. The van der Waals surface area contributed by atoms with Gasteiger partial charge >= 0.3 is 5.97 Å². The molecule has 0 heterocycles. The minimum atomic E-state index is -0.801. The molecule has 2 rings (SSSR count). The standard InChI is InChI=1S/C19H21N3O5/c1-13(14-7-5-4-6-8-14)20-18(23)12-27-19(24)16-11-15(22(25)26)9-10-17(16)21(2)3/h4-11,13H,12H2,1-3H3,(H,20,23)/t13-/m1/s1. The zero-order valence-electron chi connectivity index (χ0n) is 15.3. The highest BCUT2D eigenvalue weighted by molar-refractivity contribution is 5.97. The highest BCUT2D eigenvalue weighted by atomic mass is 16.6. The molecule has 0 spiro atoms. The first-order valence-corrected chi connectivity index (χ1v) is 8.26. The summed E-state index contributed by atoms with van der Waals surface area (Å²) in [6.07, 6.45) is 0. The third-order valence-corrected chi connectivity index (χ3v) is 3.90. The van der Waals surface area contributed by atoms with Crippen LogP contribution in [0.4, 0.5) is 11.4 Å². The number of carbonyl (C=O) groups is 2. The van der Waals surface area contributed by atoms with Crippen molar-refractivity contribution >= 4 is 23.3 Å². The lowest BCUT2D eigenvalue weighted by atomic mass is 10.1. The van der Waals surface area contributed by atoms with Gasteiger partial charge in [0.1, 0.15) is 0 Å². The predicted octanol–water partition coefficient (Wildman–Crippen LogP) is 2.70. The molecule has 8 heteroatoms. The Labute approximate surface area is 156 Å². The van der Waals surface area contributed by atoms with E-state index in [1.54, 1.807) is 19.0 Å². The summed E-state index contributed by atoms with van der Waals surface area (Å²) in [5.41, 5.74) is 1.18. The Bertz CT molecular complexity index is 836. The van der Waals surface area contributed by atoms with Gasteiger partial charge in [0, 0.05) is 26.2 Å². The number of nitrogens with one attached hydrogen (secondary N) is 1. The molecule has 0 aliphatic carbocycles. The van der Waals surface area contributed by atoms with E-state index in [0.29, 0.717) is 5.69 Å². The van der Waals surface area contributed by atoms with Crippen molar-refractivity contribution in [3.05, 3.63) is 69.8 Å². The van der Waals surface area contributed by atoms with Crippen molar-refractivity contribution in [2.75, 3.05) is 25.6 Å². The van der Waals surface area contributed by atoms with Crippen LogP contribution in [0.25, 0.3) is 0 Å². The van der Waals surface area contributed by atoms with Gasteiger partial charge in [-0.15, -0.1) is 0 Å². The maximum Gasteiger partial charge on any atom is 0.341 e. The molecule has 0 radical (unpaired) electrons. The van der Waals surface area contributed by atoms with Gasteiger partial charge in [-0.2, -0.15) is 0 Å². The fraction of sp³-hybridized carbons (Fsp3) is 0.263. The first-order chi connectivity index (χ1) is 12.8. The van der Waals surface area contributed by atoms with Crippen LogP contribution < -0.4 is 10.2 Å². The largest absolute Gasteiger partial charge is 0.452 e. The molecular formula is C19H21N3O5. The summed E-state index contributed by atoms with van der Waals surface area (Å²) in [4.78, 5) is 36.4. The SMILES string of the molecule is C[C@@H](NC(=O)COC(=O)c1cc([N+](=O)[O-])ccc1N(C)C)c1ccccc1. The van der Waals surface area contributed by atoms with Crippen LogP contribution >= 0.6 is 0 Å². The summed E-state index contributed by atoms with van der Waals surface area (Å²) in [6.45, 7) is 1.34. The molecule has 0 bridgehead atoms. The van der Waals surface area contributed by atoms with E-state index in [9.17, 15) is 19.7 Å². The molecule has 142 valence electrons. The predicted molar refractivity (Wildman–Crippen MR) is 101 cm³/mol. The second-order valence-corrected chi connectivity index (χ2v) is 6.13. The van der Waals surface area contributed by atoms with E-state index < -0.39 is 23.4 Å². The van der Waals surface area contributed by atoms with E-state index in [1.165, 1.54) is 12.1 Å². The van der Waals surface area contributed by atoms with Gasteiger partial charge in [0.25, 0.3) is 11.6 Å². The topological polar surface area (TPSA) is 102 Å². The molecule has 0 saturated carbocycles. The summed E-state index contributed by atoms with van der Waals surface area (Å²) in [5.74, 6) is -1.26. The summed E-state index contributed by atoms with van der Waals surface area (Å²) >= 11 is 0. The third-order valence-electron chi connectivity index (χ3n) is 3.90. The summed E-state index contributed by atoms with van der Waals surface area (Å²) in [6, 6.07) is 13.0. The van der Waals surface area contributed by atoms with Crippen molar-refractivity contribution in [3.63, 3.8) is 0 Å². The molecule has 27 heavy (non-hydrogen) atoms. The van der Waals surface area contributed by atoms with E-state index in [-0.39, 0.29) is 17.3 Å². The van der Waals surface area contributed by atoms with Gasteiger partial charge in [-0.1, -0.05) is 30.3 Å². The van der Waals surface area contributed by atoms with Crippen LogP contribution in [-0.4, -0.2) is 37.5 Å². The average Bonchev–Trinajstić information content (AvgIpc) is 2.66. The van der Waals surface area contributed by atoms with Crippen molar-refractivity contribution in [1.29, 1.82) is 0 Å². The number of benzene rings is 2. The second-order valence-electron chi connectivity index (χ2n) is 6.13. The number of nitro benzene ring substituents is 1. The number of ether oxygens (including phenoxy) is 1. The molecule has 8 nitrogen and oxygen atoms in total. The Morgan fingerprint density at radius 3 is 2.44 bits per heavy atom. The fourth-order valence-electron chi connectivity index (χ4n) is 2.51. The van der Waals surface area contributed by atoms with Crippen LogP contribution in [0, 0.1) is 10.1 Å². The van der Waals surface area contributed by atoms with Crippen LogP contribution in [0.15, 0.2) is 48.5 Å². The number of nitro groups is 1. The van der Waals surface area contributed by atoms with Crippen LogP contribution in [0.1, 0.15) is 28.9 Å². The highest BCUT2D eigenvalue weighted by Gasteiger charge is 2.20. The number of rotatable bonds is 7. The van der Waals surface area contributed by atoms with Gasteiger partial charge in [0.2, 0.25) is 0 Å². The monoisotopic (exact) mass is 371 g/mol. The number of anilines is 1. The lowest BCUT2D eigenvalue weighted by Gasteiger charge is -2.17. The maximum atomic E-state index is 12.4. The van der Waals surface area contributed by atoms with E-state index >= 15 is 0 Å². The Morgan fingerprint density at radius 2 is 1.85 bits per heavy atom. The average molecular weight is 371 g/mol. The molecule has 2 aromatic carbocycles. The first kappa shape index (κ1) is 19.9. The van der Waals surface area contributed by atoms with E-state index in [1.807, 2.05) is 37.3 Å². The van der Waals surface area contributed by atoms with Crippen LogP contribution in [0.3, 0.4) is 0 Å². The van der Waals surface area contributed by atoms with Crippen molar-refractivity contribution in [1.82, 2.24) is 5.32 Å². The molecule has 1 amide bonds. The van der Waals surface area contributed by atoms with Crippen molar-refractivity contribution < 1.29 is 19.2 Å². The van der Waals surface area contributed by atoms with E-state index in [4.69, 9.17) is 4.74 Å². The molecule has 0 aliphatic rings. The summed E-state index contributed by atoms with van der Waals surface area (Å²) < 4.78 is 5.05. The number of non-ortho nitro benzene ring substituents is 1. The van der Waals surface area contributed by atoms with E-state index in [2.05, 4.69) is 5.32 Å². The Hall–Kier alpha value is -3.42. The molecule has 0 aliphatic heterocycles. The maximum absolute atomic E-state index is 12.4. The number of esters is 1. The first-order valence-electron chi connectivity index (χ1n) is 8.26. The molecule has 0 fully saturated rings. The van der Waals surface area contributed by atoms with Gasteiger partial charge in [0.05, 0.1) is 22.2 Å². The number of hydrogen-bond acceptors (Lipinski definition) is 6. The van der Waals surface area contributed by atoms with Crippen molar-refractivity contribution in [3.8, 4) is 0 Å². The normalized spacial score (nSPS) is 11.4. The highest BCUT2D eigenvalue weighted by Crippen LogP contribution is 2.25. The molecule has 0 saturated heterocycles. The van der Waals surface area contributed by atoms with E-state index in [0.717, 1.165) is 11.6 Å². The lowest BCUT2D eigenvalue weighted by Crippen LogP contribution is -2.31. The molecule has 1 atom stereocenters. The van der Waals surface area contributed by atoms with Crippen LogP contribution in [0.2, 0.25) is 0 Å². The quantitative estimate of drug-likeness (QED) is 0.456. The second kappa shape index (κ2) is 8.79. The summed E-state index contributed by atoms with van der Waals surface area (Å²) in [5, 5.41) is 13.7. The smallest absolute Gasteiger partial charge is 0.341 e. The number of hydrogen-bond donors (Lipinski definition) is 1. The molecule has 2 aromatic rings. The van der Waals surface area contributed by atoms with Crippen molar-refractivity contribution in [2.24, 2.45) is 0 Å². The number of carbonyl (C=O) groups excluding carboxylic acids is 2. The Balaban J connectivity index is 2.03. The van der Waals surface area contributed by atoms with Crippen LogP contribution in [-0.2, 0) is 9.53 Å². The fourth-order valence-corrected chi connectivity index (χ4v) is 2.51. The van der Waals surface area contributed by atoms with Gasteiger partial charge in [-0.05, 0) is 18.6 Å². The van der Waals surface area contributed by atoms with Gasteiger partial charge in [0.15, 0.2) is 6.61 Å². The van der Waals surface area contributed by atoms with Crippen molar-refractivity contribution in [2.45, 2.75) is 13.0 Å². The number of nitrogens with zero attached hydrogens (tertiary/aromatic N) is 2. The molecular weight excluding hydrogens is 350 g/mol. The summed E-state index contributed by atoms with van der Waals surface area (Å²) in [7, 11) is 3.40. The van der Waals surface area contributed by atoms with Crippen LogP contribution in [0.5, 0.6) is 0 Å². The Morgan fingerprint density at radius 1 is 1.19 bits per heavy atom. The zero-order valence-corrected chi connectivity index (χ0v) is 15.3. The lowest BCUT2D eigenvalue weighted by molar-refractivity contribution is -0.384. The molecule has 1 N–H and O–H groups in total. The zero-order chi connectivity index (χ0) is 20.0. The molecule has 0 aromatic heterocycles. The van der Waals surface area contributed by atoms with Gasteiger partial charge in [-0.25, -0.2) is 4.79 Å². The number of amides is 1. The minimum Gasteiger partial charge on any atom is -0.452 e.